The van der Waals surface area contributed by atoms with Crippen molar-refractivity contribution in [2.75, 3.05) is 6.61 Å². The minimum Gasteiger partial charge on any atom is -0.445 e. The van der Waals surface area contributed by atoms with Crippen molar-refractivity contribution in [2.24, 2.45) is 0 Å². The SMILES string of the molecule is CC1(C)O[C@@H]2[C@@H](OC(=S)Oc3ccccc3)[C@@H](OCc3ccccc3)OC[C@@H]2O1. The van der Waals surface area contributed by atoms with E-state index >= 15 is 0 Å². The van der Waals surface area contributed by atoms with E-state index in [2.05, 4.69) is 0 Å². The van der Waals surface area contributed by atoms with Crippen LogP contribution in [0.25, 0.3) is 0 Å². The summed E-state index contributed by atoms with van der Waals surface area (Å²) in [6.45, 7) is 4.45. The summed E-state index contributed by atoms with van der Waals surface area (Å²) < 4.78 is 35.5. The van der Waals surface area contributed by atoms with Gasteiger partial charge in [0.2, 0.25) is 0 Å². The fourth-order valence-electron chi connectivity index (χ4n) is 3.45. The number of fused-ring (bicyclic) bond motifs is 1. The molecule has 2 fully saturated rings. The molecule has 0 aliphatic carbocycles. The molecule has 0 radical (unpaired) electrons. The Kier molecular flexibility index (Phi) is 6.12. The lowest BCUT2D eigenvalue weighted by Crippen LogP contribution is -2.54. The molecule has 0 amide bonds. The molecule has 4 rings (SSSR count). The van der Waals surface area contributed by atoms with Crippen LogP contribution < -0.4 is 4.74 Å². The summed E-state index contributed by atoms with van der Waals surface area (Å²) in [6.07, 6.45) is -1.97. The molecule has 0 saturated carbocycles. The number of ether oxygens (including phenoxy) is 6. The Hall–Kier alpha value is -2.03. The molecule has 4 atom stereocenters. The number of para-hydroxylation sites is 1. The van der Waals surface area contributed by atoms with E-state index in [-0.39, 0.29) is 11.3 Å². The lowest BCUT2D eigenvalue weighted by molar-refractivity contribution is -0.252. The van der Waals surface area contributed by atoms with Crippen molar-refractivity contribution in [3.8, 4) is 5.75 Å². The maximum absolute atomic E-state index is 6.08. The average Bonchev–Trinajstić information content (AvgIpc) is 3.03. The number of rotatable bonds is 5. The van der Waals surface area contributed by atoms with E-state index in [0.717, 1.165) is 5.56 Å². The molecular formula is C22H24O6S. The first-order valence-corrected chi connectivity index (χ1v) is 9.97. The topological polar surface area (TPSA) is 55.4 Å². The molecule has 0 spiro atoms. The lowest BCUT2D eigenvalue weighted by Gasteiger charge is -2.37. The Morgan fingerprint density at radius 2 is 1.72 bits per heavy atom. The van der Waals surface area contributed by atoms with Gasteiger partial charge in [0.15, 0.2) is 18.2 Å². The number of thiocarbonyl (C=S) groups is 1. The average molecular weight is 416 g/mol. The van der Waals surface area contributed by atoms with Crippen LogP contribution in [0.2, 0.25) is 0 Å². The molecule has 2 aliphatic heterocycles. The van der Waals surface area contributed by atoms with E-state index in [1.807, 2.05) is 62.4 Å². The fraction of sp³-hybridized carbons (Fsp3) is 0.409. The maximum Gasteiger partial charge on any atom is 0.358 e. The van der Waals surface area contributed by atoms with E-state index in [0.29, 0.717) is 19.0 Å². The van der Waals surface area contributed by atoms with Gasteiger partial charge in [0.05, 0.1) is 13.2 Å². The Morgan fingerprint density at radius 1 is 1.03 bits per heavy atom. The molecule has 0 N–H and O–H groups in total. The highest BCUT2D eigenvalue weighted by Gasteiger charge is 2.53. The lowest BCUT2D eigenvalue weighted by atomic mass is 10.1. The summed E-state index contributed by atoms with van der Waals surface area (Å²) >= 11 is 5.31. The van der Waals surface area contributed by atoms with Crippen LogP contribution in [0.15, 0.2) is 60.7 Å². The van der Waals surface area contributed by atoms with Crippen LogP contribution >= 0.6 is 12.2 Å². The van der Waals surface area contributed by atoms with E-state index in [4.69, 9.17) is 40.6 Å². The minimum absolute atomic E-state index is 0.0212. The highest BCUT2D eigenvalue weighted by Crippen LogP contribution is 2.36. The van der Waals surface area contributed by atoms with Crippen molar-refractivity contribution in [1.82, 2.24) is 0 Å². The van der Waals surface area contributed by atoms with Gasteiger partial charge in [-0.3, -0.25) is 0 Å². The van der Waals surface area contributed by atoms with Crippen LogP contribution in [-0.2, 0) is 30.3 Å². The van der Waals surface area contributed by atoms with E-state index < -0.39 is 24.3 Å². The molecule has 2 aromatic rings. The molecule has 7 heteroatoms. The molecule has 0 unspecified atom stereocenters. The zero-order valence-electron chi connectivity index (χ0n) is 16.4. The Labute approximate surface area is 175 Å². The maximum atomic E-state index is 6.08. The highest BCUT2D eigenvalue weighted by molar-refractivity contribution is 7.79. The monoisotopic (exact) mass is 416 g/mol. The second-order valence-electron chi connectivity index (χ2n) is 7.38. The van der Waals surface area contributed by atoms with Crippen LogP contribution in [0.3, 0.4) is 0 Å². The quantitative estimate of drug-likeness (QED) is 0.687. The van der Waals surface area contributed by atoms with Gasteiger partial charge in [0, 0.05) is 12.2 Å². The third kappa shape index (κ3) is 5.12. The molecule has 0 bridgehead atoms. The summed E-state index contributed by atoms with van der Waals surface area (Å²) in [5, 5.41) is -0.0212. The minimum atomic E-state index is -0.740. The van der Waals surface area contributed by atoms with Crippen molar-refractivity contribution in [3.05, 3.63) is 66.2 Å². The van der Waals surface area contributed by atoms with Crippen LogP contribution in [0.1, 0.15) is 19.4 Å². The zero-order valence-corrected chi connectivity index (χ0v) is 17.2. The van der Waals surface area contributed by atoms with Crippen molar-refractivity contribution in [3.63, 3.8) is 0 Å². The number of benzene rings is 2. The van der Waals surface area contributed by atoms with Gasteiger partial charge in [-0.05, 0) is 31.5 Å². The van der Waals surface area contributed by atoms with Gasteiger partial charge in [-0.25, -0.2) is 0 Å². The zero-order chi connectivity index (χ0) is 20.3. The predicted molar refractivity (Wildman–Crippen MR) is 109 cm³/mol. The normalized spacial score (nSPS) is 27.8. The third-order valence-electron chi connectivity index (χ3n) is 4.67. The summed E-state index contributed by atoms with van der Waals surface area (Å²) in [5.74, 6) is -0.146. The molecule has 2 heterocycles. The first kappa shape index (κ1) is 20.3. The van der Waals surface area contributed by atoms with E-state index in [1.165, 1.54) is 0 Å². The predicted octanol–water partition coefficient (Wildman–Crippen LogP) is 3.83. The summed E-state index contributed by atoms with van der Waals surface area (Å²) in [5.41, 5.74) is 1.03. The summed E-state index contributed by atoms with van der Waals surface area (Å²) in [6, 6.07) is 19.1. The van der Waals surface area contributed by atoms with Crippen LogP contribution in [-0.4, -0.2) is 42.2 Å². The van der Waals surface area contributed by atoms with Crippen molar-refractivity contribution in [1.29, 1.82) is 0 Å². The van der Waals surface area contributed by atoms with Gasteiger partial charge >= 0.3 is 5.24 Å². The largest absolute Gasteiger partial charge is 0.445 e. The second kappa shape index (κ2) is 8.77. The van der Waals surface area contributed by atoms with E-state index in [9.17, 15) is 0 Å². The highest BCUT2D eigenvalue weighted by atomic mass is 32.1. The van der Waals surface area contributed by atoms with E-state index in [1.54, 1.807) is 12.1 Å². The third-order valence-corrected chi connectivity index (χ3v) is 4.85. The molecular weight excluding hydrogens is 392 g/mol. The van der Waals surface area contributed by atoms with Gasteiger partial charge in [0.25, 0.3) is 0 Å². The molecule has 29 heavy (non-hydrogen) atoms. The van der Waals surface area contributed by atoms with Gasteiger partial charge in [-0.15, -0.1) is 0 Å². The number of hydrogen-bond acceptors (Lipinski definition) is 7. The molecule has 2 aromatic carbocycles. The first-order valence-electron chi connectivity index (χ1n) is 9.56. The van der Waals surface area contributed by atoms with Crippen molar-refractivity contribution in [2.45, 2.75) is 50.8 Å². The fourth-order valence-corrected chi connectivity index (χ4v) is 3.66. The summed E-state index contributed by atoms with van der Waals surface area (Å²) in [4.78, 5) is 0. The first-order chi connectivity index (χ1) is 14.0. The van der Waals surface area contributed by atoms with Gasteiger partial charge in [-0.1, -0.05) is 48.5 Å². The van der Waals surface area contributed by atoms with Crippen molar-refractivity contribution < 1.29 is 28.4 Å². The van der Waals surface area contributed by atoms with Crippen LogP contribution in [0, 0.1) is 0 Å². The summed E-state index contributed by atoms with van der Waals surface area (Å²) in [7, 11) is 0. The Balaban J connectivity index is 1.46. The molecule has 6 nitrogen and oxygen atoms in total. The van der Waals surface area contributed by atoms with Gasteiger partial charge < -0.3 is 28.4 Å². The molecule has 154 valence electrons. The van der Waals surface area contributed by atoms with Crippen molar-refractivity contribution >= 4 is 17.5 Å². The Morgan fingerprint density at radius 3 is 2.45 bits per heavy atom. The molecule has 2 aliphatic rings. The van der Waals surface area contributed by atoms with Crippen LogP contribution in [0.4, 0.5) is 0 Å². The van der Waals surface area contributed by atoms with Gasteiger partial charge in [0.1, 0.15) is 18.0 Å². The van der Waals surface area contributed by atoms with Gasteiger partial charge in [-0.2, -0.15) is 0 Å². The standard InChI is InChI=1S/C22H24O6S/c1-22(2)27-17-14-24-20(23-13-15-9-5-3-6-10-15)19(18(17)28-22)26-21(29)25-16-11-7-4-8-12-16/h3-12,17-20H,13-14H2,1-2H3/t17-,18-,19+,20-/m0/s1. The molecule has 2 saturated heterocycles. The second-order valence-corrected chi connectivity index (χ2v) is 7.72. The smallest absolute Gasteiger partial charge is 0.358 e. The van der Waals surface area contributed by atoms with Crippen LogP contribution in [0.5, 0.6) is 5.75 Å². The molecule has 0 aromatic heterocycles. The Bertz CT molecular complexity index is 813. The number of hydrogen-bond donors (Lipinski definition) is 0.